The number of carboxylic acids is 1. The van der Waals surface area contributed by atoms with Crippen LogP contribution >= 0.6 is 11.3 Å². The first kappa shape index (κ1) is 14.2. The Balaban J connectivity index is 2.54. The Labute approximate surface area is 109 Å². The molecular formula is C12H14N2O3S. The normalized spacial score (nSPS) is 11.5. The van der Waals surface area contributed by atoms with Gasteiger partial charge < -0.3 is 10.4 Å². The average molecular weight is 266 g/mol. The van der Waals surface area contributed by atoms with E-state index in [2.05, 4.69) is 16.6 Å². The second-order valence-corrected chi connectivity index (χ2v) is 4.52. The van der Waals surface area contributed by atoms with Crippen LogP contribution in [-0.4, -0.2) is 30.1 Å². The Morgan fingerprint density at radius 2 is 2.33 bits per heavy atom. The van der Waals surface area contributed by atoms with Crippen molar-refractivity contribution in [3.63, 3.8) is 0 Å². The number of hydrogen-bond acceptors (Lipinski definition) is 4. The smallest absolute Gasteiger partial charge is 0.305 e. The molecule has 0 aliphatic heterocycles. The maximum absolute atomic E-state index is 11.6. The first-order valence-corrected chi connectivity index (χ1v) is 6.20. The van der Waals surface area contributed by atoms with E-state index in [9.17, 15) is 9.59 Å². The Kier molecular flexibility index (Phi) is 5.91. The molecule has 6 heteroatoms. The fourth-order valence-corrected chi connectivity index (χ4v) is 2.16. The van der Waals surface area contributed by atoms with Crippen LogP contribution in [0.15, 0.2) is 17.5 Å². The Hall–Kier alpha value is -1.84. The number of carboxylic acid groups (broad SMARTS) is 1. The highest BCUT2D eigenvalue weighted by atomic mass is 32.1. The lowest BCUT2D eigenvalue weighted by molar-refractivity contribution is -0.137. The summed E-state index contributed by atoms with van der Waals surface area (Å²) in [4.78, 5) is 23.2. The first-order valence-electron chi connectivity index (χ1n) is 5.32. The molecule has 5 nitrogen and oxygen atoms in total. The quantitative estimate of drug-likeness (QED) is 0.499. The molecule has 0 bridgehead atoms. The lowest BCUT2D eigenvalue weighted by atomic mass is 10.1. The van der Waals surface area contributed by atoms with E-state index in [1.54, 1.807) is 6.07 Å². The third-order valence-corrected chi connectivity index (χ3v) is 3.10. The lowest BCUT2D eigenvalue weighted by Gasteiger charge is -2.15. The Morgan fingerprint density at radius 3 is 2.89 bits per heavy atom. The van der Waals surface area contributed by atoms with Crippen LogP contribution in [0.3, 0.4) is 0 Å². The topological polar surface area (TPSA) is 78.4 Å². The molecule has 1 aromatic heterocycles. The standard InChI is InChI=1S/C12H14N2O3S/c1-2-5-13-8-11(15)14-9(7-12(16)17)10-4-3-6-18-10/h1,3-4,6,9,13H,5,7-8H2,(H,14,15)(H,16,17). The molecule has 3 N–H and O–H groups in total. The van der Waals surface area contributed by atoms with Crippen molar-refractivity contribution in [3.8, 4) is 12.3 Å². The van der Waals surface area contributed by atoms with Crippen LogP contribution in [0.25, 0.3) is 0 Å². The Morgan fingerprint density at radius 1 is 1.56 bits per heavy atom. The number of carbonyl (C=O) groups excluding carboxylic acids is 1. The van der Waals surface area contributed by atoms with Crippen LogP contribution in [0.2, 0.25) is 0 Å². The number of carbonyl (C=O) groups is 2. The number of amides is 1. The van der Waals surface area contributed by atoms with Crippen LogP contribution in [0.4, 0.5) is 0 Å². The van der Waals surface area contributed by atoms with Gasteiger partial charge in [-0.25, -0.2) is 0 Å². The molecule has 0 aliphatic rings. The molecule has 0 aromatic carbocycles. The molecule has 18 heavy (non-hydrogen) atoms. The van der Waals surface area contributed by atoms with Crippen molar-refractivity contribution in [2.75, 3.05) is 13.1 Å². The second-order valence-electron chi connectivity index (χ2n) is 3.54. The van der Waals surface area contributed by atoms with Gasteiger partial charge in [-0.1, -0.05) is 12.0 Å². The molecule has 0 radical (unpaired) electrons. The van der Waals surface area contributed by atoms with Crippen LogP contribution < -0.4 is 10.6 Å². The van der Waals surface area contributed by atoms with Crippen molar-refractivity contribution in [2.45, 2.75) is 12.5 Å². The van der Waals surface area contributed by atoms with Gasteiger partial charge in [0.2, 0.25) is 5.91 Å². The third kappa shape index (κ3) is 4.99. The van der Waals surface area contributed by atoms with Crippen molar-refractivity contribution < 1.29 is 14.7 Å². The van der Waals surface area contributed by atoms with Crippen molar-refractivity contribution in [1.82, 2.24) is 10.6 Å². The monoisotopic (exact) mass is 266 g/mol. The molecule has 0 spiro atoms. The van der Waals surface area contributed by atoms with E-state index >= 15 is 0 Å². The first-order chi connectivity index (χ1) is 8.63. The largest absolute Gasteiger partial charge is 0.481 e. The van der Waals surface area contributed by atoms with Crippen LogP contribution in [0.1, 0.15) is 17.3 Å². The van der Waals surface area contributed by atoms with E-state index < -0.39 is 12.0 Å². The van der Waals surface area contributed by atoms with E-state index in [1.165, 1.54) is 11.3 Å². The average Bonchev–Trinajstić information content (AvgIpc) is 2.81. The third-order valence-electron chi connectivity index (χ3n) is 2.11. The van der Waals surface area contributed by atoms with Gasteiger partial charge in [-0.15, -0.1) is 17.8 Å². The molecule has 1 rings (SSSR count). The second kappa shape index (κ2) is 7.48. The summed E-state index contributed by atoms with van der Waals surface area (Å²) in [5.41, 5.74) is 0. The van der Waals surface area contributed by atoms with Gasteiger partial charge in [0.25, 0.3) is 0 Å². The summed E-state index contributed by atoms with van der Waals surface area (Å²) < 4.78 is 0. The van der Waals surface area contributed by atoms with E-state index in [4.69, 9.17) is 11.5 Å². The van der Waals surface area contributed by atoms with Gasteiger partial charge in [-0.05, 0) is 11.4 Å². The Bertz CT molecular complexity index is 437. The molecule has 0 saturated carbocycles. The zero-order chi connectivity index (χ0) is 13.4. The van der Waals surface area contributed by atoms with Crippen LogP contribution in [0.5, 0.6) is 0 Å². The van der Waals surface area contributed by atoms with Crippen molar-refractivity contribution >= 4 is 23.2 Å². The van der Waals surface area contributed by atoms with Gasteiger partial charge >= 0.3 is 5.97 Å². The molecule has 0 aliphatic carbocycles. The molecule has 1 aromatic rings. The molecule has 1 unspecified atom stereocenters. The highest BCUT2D eigenvalue weighted by Gasteiger charge is 2.18. The molecule has 1 amide bonds. The van der Waals surface area contributed by atoms with Gasteiger partial charge in [-0.2, -0.15) is 0 Å². The zero-order valence-electron chi connectivity index (χ0n) is 9.68. The summed E-state index contributed by atoms with van der Waals surface area (Å²) in [5.74, 6) is 1.13. The summed E-state index contributed by atoms with van der Waals surface area (Å²) in [6.45, 7) is 0.377. The van der Waals surface area contributed by atoms with Crippen molar-refractivity contribution in [2.24, 2.45) is 0 Å². The van der Waals surface area contributed by atoms with Crippen molar-refractivity contribution in [1.29, 1.82) is 0 Å². The molecule has 0 fully saturated rings. The number of thiophene rings is 1. The van der Waals surface area contributed by atoms with Crippen LogP contribution in [0, 0.1) is 12.3 Å². The van der Waals surface area contributed by atoms with Gasteiger partial charge in [0, 0.05) is 4.88 Å². The predicted octanol–water partition coefficient (Wildman–Crippen LogP) is 0.603. The number of terminal acetylenes is 1. The minimum absolute atomic E-state index is 0.0751. The maximum Gasteiger partial charge on any atom is 0.305 e. The van der Waals surface area contributed by atoms with E-state index in [0.29, 0.717) is 6.54 Å². The van der Waals surface area contributed by atoms with E-state index in [-0.39, 0.29) is 18.9 Å². The number of rotatable bonds is 7. The van der Waals surface area contributed by atoms with Gasteiger partial charge in [-0.3, -0.25) is 14.9 Å². The molecule has 1 atom stereocenters. The molecular weight excluding hydrogens is 252 g/mol. The highest BCUT2D eigenvalue weighted by molar-refractivity contribution is 7.10. The zero-order valence-corrected chi connectivity index (χ0v) is 10.5. The number of hydrogen-bond donors (Lipinski definition) is 3. The number of aliphatic carboxylic acids is 1. The lowest BCUT2D eigenvalue weighted by Crippen LogP contribution is -2.37. The SMILES string of the molecule is C#CCNCC(=O)NC(CC(=O)O)c1cccs1. The number of nitrogens with one attached hydrogen (secondary N) is 2. The minimum atomic E-state index is -0.953. The summed E-state index contributed by atoms with van der Waals surface area (Å²) in [7, 11) is 0. The maximum atomic E-state index is 11.6. The summed E-state index contributed by atoms with van der Waals surface area (Å²) >= 11 is 1.41. The summed E-state index contributed by atoms with van der Waals surface area (Å²) in [6.07, 6.45) is 4.90. The summed E-state index contributed by atoms with van der Waals surface area (Å²) in [5, 5.41) is 16.1. The highest BCUT2D eigenvalue weighted by Crippen LogP contribution is 2.21. The fraction of sp³-hybridized carbons (Fsp3) is 0.333. The van der Waals surface area contributed by atoms with Gasteiger partial charge in [0.15, 0.2) is 0 Å². The van der Waals surface area contributed by atoms with Crippen LogP contribution in [-0.2, 0) is 9.59 Å². The fourth-order valence-electron chi connectivity index (χ4n) is 1.38. The molecule has 96 valence electrons. The predicted molar refractivity (Wildman–Crippen MR) is 69.2 cm³/mol. The van der Waals surface area contributed by atoms with E-state index in [0.717, 1.165) is 4.88 Å². The molecule has 1 heterocycles. The summed E-state index contributed by atoms with van der Waals surface area (Å²) in [6, 6.07) is 3.12. The van der Waals surface area contributed by atoms with E-state index in [1.807, 2.05) is 11.4 Å². The van der Waals surface area contributed by atoms with Gasteiger partial charge in [0.1, 0.15) is 0 Å². The minimum Gasteiger partial charge on any atom is -0.481 e. The van der Waals surface area contributed by atoms with Crippen molar-refractivity contribution in [3.05, 3.63) is 22.4 Å². The molecule has 0 saturated heterocycles. The van der Waals surface area contributed by atoms with Gasteiger partial charge in [0.05, 0.1) is 25.6 Å².